The molecule has 122 valence electrons. The van der Waals surface area contributed by atoms with Crippen LogP contribution in [0.2, 0.25) is 0 Å². The van der Waals surface area contributed by atoms with E-state index >= 15 is 0 Å². The van der Waals surface area contributed by atoms with E-state index in [-0.39, 0.29) is 17.9 Å². The molecule has 24 heavy (non-hydrogen) atoms. The molecule has 0 spiro atoms. The third-order valence-electron chi connectivity index (χ3n) is 4.28. The molecular formula is C19H18N2O3. The van der Waals surface area contributed by atoms with E-state index in [1.54, 1.807) is 24.3 Å². The summed E-state index contributed by atoms with van der Waals surface area (Å²) in [6.45, 7) is 0. The summed E-state index contributed by atoms with van der Waals surface area (Å²) in [5.41, 5.74) is 2.02. The van der Waals surface area contributed by atoms with Crippen LogP contribution in [0.4, 0.5) is 5.69 Å². The summed E-state index contributed by atoms with van der Waals surface area (Å²) >= 11 is 0. The summed E-state index contributed by atoms with van der Waals surface area (Å²) in [6.07, 6.45) is 2.02. The Kier molecular flexibility index (Phi) is 3.69. The second-order valence-corrected chi connectivity index (χ2v) is 6.20. The van der Waals surface area contributed by atoms with E-state index in [2.05, 4.69) is 10.6 Å². The van der Waals surface area contributed by atoms with Crippen molar-refractivity contribution in [2.75, 3.05) is 5.32 Å². The van der Waals surface area contributed by atoms with Crippen LogP contribution < -0.4 is 15.4 Å². The van der Waals surface area contributed by atoms with Gasteiger partial charge in [-0.3, -0.25) is 9.59 Å². The number of fused-ring (bicyclic) bond motifs is 1. The summed E-state index contributed by atoms with van der Waals surface area (Å²) in [5.74, 6) is 0.360. The second-order valence-electron chi connectivity index (χ2n) is 6.20. The number of anilines is 1. The molecule has 2 aromatic rings. The standard InChI is InChI=1S/C19H18N2O3/c22-18(20-13-9-10-13)14-6-2-3-7-15(14)21-19(23)17-11-12-5-1-4-8-16(12)24-17/h1-8,13,17H,9-11H2,(H,20,22)(H,21,23)/t17-/m0/s1. The third-order valence-corrected chi connectivity index (χ3v) is 4.28. The molecule has 2 aliphatic rings. The van der Waals surface area contributed by atoms with Gasteiger partial charge in [0.2, 0.25) is 0 Å². The van der Waals surface area contributed by atoms with Crippen molar-refractivity contribution in [2.45, 2.75) is 31.4 Å². The number of rotatable bonds is 4. The van der Waals surface area contributed by atoms with Crippen LogP contribution in [0.3, 0.4) is 0 Å². The summed E-state index contributed by atoms with van der Waals surface area (Å²) in [6, 6.07) is 15.0. The zero-order chi connectivity index (χ0) is 16.5. The SMILES string of the molecule is O=C(NC1CC1)c1ccccc1NC(=O)[C@@H]1Cc2ccccc2O1. The molecule has 1 fully saturated rings. The lowest BCUT2D eigenvalue weighted by Gasteiger charge is -2.14. The molecule has 2 aromatic carbocycles. The molecule has 0 aromatic heterocycles. The molecule has 2 amide bonds. The molecule has 1 aliphatic carbocycles. The predicted molar refractivity (Wildman–Crippen MR) is 90.1 cm³/mol. The van der Waals surface area contributed by atoms with Gasteiger partial charge in [0.25, 0.3) is 11.8 Å². The molecule has 0 bridgehead atoms. The highest BCUT2D eigenvalue weighted by molar-refractivity contribution is 6.05. The van der Waals surface area contributed by atoms with Gasteiger partial charge >= 0.3 is 0 Å². The highest BCUT2D eigenvalue weighted by atomic mass is 16.5. The van der Waals surface area contributed by atoms with Gasteiger partial charge in [0.1, 0.15) is 5.75 Å². The maximum atomic E-state index is 12.5. The molecule has 0 saturated heterocycles. The number of amides is 2. The van der Waals surface area contributed by atoms with Gasteiger partial charge in [-0.15, -0.1) is 0 Å². The Morgan fingerprint density at radius 2 is 1.75 bits per heavy atom. The summed E-state index contributed by atoms with van der Waals surface area (Å²) in [5, 5.41) is 5.78. The van der Waals surface area contributed by atoms with Gasteiger partial charge in [0.15, 0.2) is 6.10 Å². The number of carbonyl (C=O) groups is 2. The van der Waals surface area contributed by atoms with Crippen molar-refractivity contribution in [3.63, 3.8) is 0 Å². The molecule has 1 aliphatic heterocycles. The van der Waals surface area contributed by atoms with Crippen LogP contribution in [-0.2, 0) is 11.2 Å². The van der Waals surface area contributed by atoms with Crippen molar-refractivity contribution in [3.05, 3.63) is 59.7 Å². The Bertz CT molecular complexity index is 774. The predicted octanol–water partition coefficient (Wildman–Crippen LogP) is 2.52. The highest BCUT2D eigenvalue weighted by Gasteiger charge is 2.30. The summed E-state index contributed by atoms with van der Waals surface area (Å²) < 4.78 is 5.70. The fourth-order valence-corrected chi connectivity index (χ4v) is 2.82. The van der Waals surface area contributed by atoms with E-state index in [0.717, 1.165) is 24.2 Å². The molecule has 5 nitrogen and oxygen atoms in total. The molecule has 1 atom stereocenters. The minimum Gasteiger partial charge on any atom is -0.480 e. The molecule has 4 rings (SSSR count). The molecule has 1 saturated carbocycles. The number of hydrogen-bond acceptors (Lipinski definition) is 3. The fraction of sp³-hybridized carbons (Fsp3) is 0.263. The Morgan fingerprint density at radius 1 is 1.00 bits per heavy atom. The van der Waals surface area contributed by atoms with Gasteiger partial charge in [-0.25, -0.2) is 0 Å². The second kappa shape index (κ2) is 6.00. The van der Waals surface area contributed by atoms with Crippen molar-refractivity contribution in [3.8, 4) is 5.75 Å². The van der Waals surface area contributed by atoms with Crippen molar-refractivity contribution < 1.29 is 14.3 Å². The van der Waals surface area contributed by atoms with Gasteiger partial charge in [-0.05, 0) is 36.6 Å². The average Bonchev–Trinajstić information content (AvgIpc) is 3.29. The number of benzene rings is 2. The number of hydrogen-bond donors (Lipinski definition) is 2. The zero-order valence-corrected chi connectivity index (χ0v) is 13.1. The largest absolute Gasteiger partial charge is 0.480 e. The van der Waals surface area contributed by atoms with Gasteiger partial charge < -0.3 is 15.4 Å². The van der Waals surface area contributed by atoms with Crippen molar-refractivity contribution >= 4 is 17.5 Å². The van der Waals surface area contributed by atoms with Crippen LogP contribution in [-0.4, -0.2) is 24.0 Å². The molecular weight excluding hydrogens is 304 g/mol. The first-order valence-electron chi connectivity index (χ1n) is 8.16. The van der Waals surface area contributed by atoms with E-state index in [1.807, 2.05) is 24.3 Å². The van der Waals surface area contributed by atoms with Crippen molar-refractivity contribution in [1.82, 2.24) is 5.32 Å². The summed E-state index contributed by atoms with van der Waals surface area (Å²) in [7, 11) is 0. The quantitative estimate of drug-likeness (QED) is 0.909. The lowest BCUT2D eigenvalue weighted by molar-refractivity contribution is -0.122. The molecule has 0 unspecified atom stereocenters. The van der Waals surface area contributed by atoms with Gasteiger partial charge in [0, 0.05) is 12.5 Å². The van der Waals surface area contributed by atoms with Gasteiger partial charge in [-0.1, -0.05) is 30.3 Å². The lowest BCUT2D eigenvalue weighted by Crippen LogP contribution is -2.33. The van der Waals surface area contributed by atoms with E-state index < -0.39 is 6.10 Å². The first kappa shape index (κ1) is 14.8. The first-order chi connectivity index (χ1) is 11.7. The van der Waals surface area contributed by atoms with Crippen molar-refractivity contribution in [2.24, 2.45) is 0 Å². The minimum atomic E-state index is -0.568. The third kappa shape index (κ3) is 2.97. The Hall–Kier alpha value is -2.82. The molecule has 2 N–H and O–H groups in total. The molecule has 0 radical (unpaired) electrons. The van der Waals surface area contributed by atoms with Crippen LogP contribution in [0.1, 0.15) is 28.8 Å². The van der Waals surface area contributed by atoms with Crippen LogP contribution in [0.15, 0.2) is 48.5 Å². The Morgan fingerprint density at radius 3 is 2.54 bits per heavy atom. The van der Waals surface area contributed by atoms with E-state index in [4.69, 9.17) is 4.74 Å². The fourth-order valence-electron chi connectivity index (χ4n) is 2.82. The maximum absolute atomic E-state index is 12.5. The van der Waals surface area contributed by atoms with Crippen LogP contribution in [0, 0.1) is 0 Å². The number of nitrogens with one attached hydrogen (secondary N) is 2. The van der Waals surface area contributed by atoms with Gasteiger partial charge in [-0.2, -0.15) is 0 Å². The monoisotopic (exact) mass is 322 g/mol. The topological polar surface area (TPSA) is 67.4 Å². The molecule has 1 heterocycles. The van der Waals surface area contributed by atoms with Crippen LogP contribution in [0.25, 0.3) is 0 Å². The van der Waals surface area contributed by atoms with Crippen molar-refractivity contribution in [1.29, 1.82) is 0 Å². The van der Waals surface area contributed by atoms with E-state index in [0.29, 0.717) is 17.7 Å². The van der Waals surface area contributed by atoms with E-state index in [9.17, 15) is 9.59 Å². The minimum absolute atomic E-state index is 0.149. The number of carbonyl (C=O) groups excluding carboxylic acids is 2. The average molecular weight is 322 g/mol. The van der Waals surface area contributed by atoms with Gasteiger partial charge in [0.05, 0.1) is 11.3 Å². The molecule has 5 heteroatoms. The Balaban J connectivity index is 1.47. The highest BCUT2D eigenvalue weighted by Crippen LogP contribution is 2.29. The normalized spacial score (nSPS) is 18.4. The number of ether oxygens (including phenoxy) is 1. The Labute approximate surface area is 140 Å². The summed E-state index contributed by atoms with van der Waals surface area (Å²) in [4.78, 5) is 24.8. The van der Waals surface area contributed by atoms with E-state index in [1.165, 1.54) is 0 Å². The maximum Gasteiger partial charge on any atom is 0.265 e. The van der Waals surface area contributed by atoms with Crippen LogP contribution in [0.5, 0.6) is 5.75 Å². The number of para-hydroxylation sites is 2. The smallest absolute Gasteiger partial charge is 0.265 e. The lowest BCUT2D eigenvalue weighted by atomic mass is 10.1. The van der Waals surface area contributed by atoms with Crippen LogP contribution >= 0.6 is 0 Å². The first-order valence-corrected chi connectivity index (χ1v) is 8.16. The zero-order valence-electron chi connectivity index (χ0n) is 13.1.